The van der Waals surface area contributed by atoms with Crippen molar-refractivity contribution in [3.8, 4) is 0 Å². The molecule has 1 aliphatic heterocycles. The van der Waals surface area contributed by atoms with Crippen LogP contribution in [0.15, 0.2) is 24.3 Å². The molecule has 0 spiro atoms. The van der Waals surface area contributed by atoms with E-state index in [9.17, 15) is 4.79 Å². The third kappa shape index (κ3) is 6.01. The molecule has 1 unspecified atom stereocenters. The molecule has 0 saturated carbocycles. The molecule has 1 aromatic carbocycles. The summed E-state index contributed by atoms with van der Waals surface area (Å²) in [6.45, 7) is 6.33. The zero-order valence-electron chi connectivity index (χ0n) is 12.4. The van der Waals surface area contributed by atoms with Gasteiger partial charge in [0.25, 0.3) is 0 Å². The van der Waals surface area contributed by atoms with Crippen LogP contribution in [0.25, 0.3) is 0 Å². The summed E-state index contributed by atoms with van der Waals surface area (Å²) < 4.78 is 10.8. The maximum absolute atomic E-state index is 12.1. The van der Waals surface area contributed by atoms with E-state index in [1.165, 1.54) is 0 Å². The van der Waals surface area contributed by atoms with Crippen LogP contribution in [0.2, 0.25) is 0 Å². The Kier molecular flexibility index (Phi) is 7.67. The molecule has 1 amide bonds. The topological polar surface area (TPSA) is 59.6 Å². The van der Waals surface area contributed by atoms with E-state index in [-0.39, 0.29) is 30.5 Å². The number of amides is 1. The minimum absolute atomic E-state index is 0. The number of ether oxygens (including phenoxy) is 2. The molecule has 21 heavy (non-hydrogen) atoms. The minimum Gasteiger partial charge on any atom is -0.378 e. The van der Waals surface area contributed by atoms with Crippen LogP contribution >= 0.6 is 12.4 Å². The van der Waals surface area contributed by atoms with Crippen LogP contribution in [0.1, 0.15) is 19.4 Å². The summed E-state index contributed by atoms with van der Waals surface area (Å²) in [5.41, 5.74) is 1.83. The van der Waals surface area contributed by atoms with Gasteiger partial charge in [-0.05, 0) is 31.5 Å². The molecule has 6 heteroatoms. The molecular formula is C15H23ClN2O3. The van der Waals surface area contributed by atoms with Gasteiger partial charge in [-0.25, -0.2) is 0 Å². The predicted octanol–water partition coefficient (Wildman–Crippen LogP) is 1.96. The summed E-state index contributed by atoms with van der Waals surface area (Å²) in [7, 11) is 0. The molecule has 0 aliphatic carbocycles. The van der Waals surface area contributed by atoms with Gasteiger partial charge in [-0.15, -0.1) is 12.4 Å². The summed E-state index contributed by atoms with van der Waals surface area (Å²) in [5, 5.41) is 6.03. The van der Waals surface area contributed by atoms with Crippen LogP contribution in [0.4, 0.5) is 5.69 Å². The molecule has 1 aliphatic rings. The fourth-order valence-corrected chi connectivity index (χ4v) is 1.96. The van der Waals surface area contributed by atoms with E-state index in [1.807, 2.05) is 38.1 Å². The number of morpholine rings is 1. The monoisotopic (exact) mass is 314 g/mol. The molecule has 1 atom stereocenters. The fourth-order valence-electron chi connectivity index (χ4n) is 1.96. The predicted molar refractivity (Wildman–Crippen MR) is 84.9 cm³/mol. The van der Waals surface area contributed by atoms with Gasteiger partial charge in [-0.1, -0.05) is 12.1 Å². The van der Waals surface area contributed by atoms with Crippen molar-refractivity contribution < 1.29 is 14.3 Å². The molecule has 5 nitrogen and oxygen atoms in total. The van der Waals surface area contributed by atoms with Gasteiger partial charge in [0, 0.05) is 12.2 Å². The molecule has 0 radical (unpaired) electrons. The van der Waals surface area contributed by atoms with Crippen molar-refractivity contribution >= 4 is 24.0 Å². The van der Waals surface area contributed by atoms with Crippen molar-refractivity contribution in [2.45, 2.75) is 32.6 Å². The van der Waals surface area contributed by atoms with Gasteiger partial charge in [-0.2, -0.15) is 0 Å². The smallest absolute Gasteiger partial charge is 0.243 e. The van der Waals surface area contributed by atoms with E-state index < -0.39 is 0 Å². The number of hydrogen-bond donors (Lipinski definition) is 2. The molecule has 0 bridgehead atoms. The fraction of sp³-hybridized carbons (Fsp3) is 0.533. The molecule has 118 valence electrons. The number of carbonyl (C=O) groups is 1. The van der Waals surface area contributed by atoms with E-state index >= 15 is 0 Å². The van der Waals surface area contributed by atoms with E-state index in [0.717, 1.165) is 11.3 Å². The first-order valence-electron chi connectivity index (χ1n) is 6.97. The molecule has 2 N–H and O–H groups in total. The number of nitrogens with one attached hydrogen (secondary N) is 2. The summed E-state index contributed by atoms with van der Waals surface area (Å²) in [6, 6.07) is 7.43. The second-order valence-electron chi connectivity index (χ2n) is 5.13. The molecular weight excluding hydrogens is 292 g/mol. The van der Waals surface area contributed by atoms with E-state index in [4.69, 9.17) is 9.47 Å². The highest BCUT2D eigenvalue weighted by molar-refractivity contribution is 5.95. The van der Waals surface area contributed by atoms with Crippen molar-refractivity contribution in [2.24, 2.45) is 0 Å². The van der Waals surface area contributed by atoms with Crippen LogP contribution in [-0.2, 0) is 20.9 Å². The minimum atomic E-state index is -0.278. The number of rotatable bonds is 5. The van der Waals surface area contributed by atoms with Gasteiger partial charge in [0.15, 0.2) is 0 Å². The Morgan fingerprint density at radius 1 is 1.52 bits per heavy atom. The van der Waals surface area contributed by atoms with Gasteiger partial charge >= 0.3 is 0 Å². The van der Waals surface area contributed by atoms with Crippen molar-refractivity contribution in [3.63, 3.8) is 0 Å². The highest BCUT2D eigenvalue weighted by Crippen LogP contribution is 2.13. The molecule has 1 heterocycles. The zero-order valence-corrected chi connectivity index (χ0v) is 13.2. The van der Waals surface area contributed by atoms with E-state index in [1.54, 1.807) is 0 Å². The largest absolute Gasteiger partial charge is 0.378 e. The van der Waals surface area contributed by atoms with E-state index in [0.29, 0.717) is 26.4 Å². The van der Waals surface area contributed by atoms with Crippen LogP contribution in [0.3, 0.4) is 0 Å². The summed E-state index contributed by atoms with van der Waals surface area (Å²) in [4.78, 5) is 12.1. The Morgan fingerprint density at radius 2 is 2.33 bits per heavy atom. The first-order chi connectivity index (χ1) is 9.65. The standard InChI is InChI=1S/C15H22N2O3.ClH/c1-11(2)20-9-12-4-3-5-13(8-12)17-15(18)14-10-19-7-6-16-14;/h3-5,8,11,14,16H,6-7,9-10H2,1-2H3,(H,17,18);1H. The summed E-state index contributed by atoms with van der Waals surface area (Å²) in [5.74, 6) is -0.0633. The van der Waals surface area contributed by atoms with Crippen molar-refractivity contribution in [1.82, 2.24) is 5.32 Å². The lowest BCUT2D eigenvalue weighted by Crippen LogP contribution is -2.48. The van der Waals surface area contributed by atoms with Crippen molar-refractivity contribution in [2.75, 3.05) is 25.1 Å². The number of halogens is 1. The lowest BCUT2D eigenvalue weighted by atomic mass is 10.2. The normalized spacial score (nSPS) is 18.1. The molecule has 0 aromatic heterocycles. The number of hydrogen-bond acceptors (Lipinski definition) is 4. The van der Waals surface area contributed by atoms with Crippen molar-refractivity contribution in [3.05, 3.63) is 29.8 Å². The average Bonchev–Trinajstić information content (AvgIpc) is 2.46. The molecule has 1 fully saturated rings. The highest BCUT2D eigenvalue weighted by atomic mass is 35.5. The third-order valence-corrected chi connectivity index (χ3v) is 3.02. The molecule has 2 rings (SSSR count). The second kappa shape index (κ2) is 9.00. The summed E-state index contributed by atoms with van der Waals surface area (Å²) >= 11 is 0. The van der Waals surface area contributed by atoms with Crippen LogP contribution in [0.5, 0.6) is 0 Å². The number of carbonyl (C=O) groups excluding carboxylic acids is 1. The molecule has 1 saturated heterocycles. The Bertz CT molecular complexity index is 448. The highest BCUT2D eigenvalue weighted by Gasteiger charge is 2.21. The Hall–Kier alpha value is -1.14. The quantitative estimate of drug-likeness (QED) is 0.872. The Labute approximate surface area is 131 Å². The Morgan fingerprint density at radius 3 is 3.00 bits per heavy atom. The Balaban J connectivity index is 0.00000220. The van der Waals surface area contributed by atoms with Crippen molar-refractivity contribution in [1.29, 1.82) is 0 Å². The van der Waals surface area contributed by atoms with Crippen LogP contribution in [-0.4, -0.2) is 37.8 Å². The van der Waals surface area contributed by atoms with Crippen LogP contribution in [0, 0.1) is 0 Å². The van der Waals surface area contributed by atoms with Gasteiger partial charge < -0.3 is 20.1 Å². The van der Waals surface area contributed by atoms with E-state index in [2.05, 4.69) is 10.6 Å². The number of anilines is 1. The van der Waals surface area contributed by atoms with Gasteiger partial charge in [0.05, 0.1) is 25.9 Å². The van der Waals surface area contributed by atoms with Gasteiger partial charge in [0.2, 0.25) is 5.91 Å². The third-order valence-electron chi connectivity index (χ3n) is 3.02. The van der Waals surface area contributed by atoms with Gasteiger partial charge in [-0.3, -0.25) is 4.79 Å². The maximum atomic E-state index is 12.1. The zero-order chi connectivity index (χ0) is 14.4. The molecule has 1 aromatic rings. The van der Waals surface area contributed by atoms with Crippen LogP contribution < -0.4 is 10.6 Å². The summed E-state index contributed by atoms with van der Waals surface area (Å²) in [6.07, 6.45) is 0.192. The lowest BCUT2D eigenvalue weighted by Gasteiger charge is -2.23. The van der Waals surface area contributed by atoms with Gasteiger partial charge in [0.1, 0.15) is 6.04 Å². The number of benzene rings is 1. The maximum Gasteiger partial charge on any atom is 0.243 e. The SMILES string of the molecule is CC(C)OCc1cccc(NC(=O)C2COCCN2)c1.Cl. The average molecular weight is 315 g/mol. The second-order valence-corrected chi connectivity index (χ2v) is 5.13. The first-order valence-corrected chi connectivity index (χ1v) is 6.97. The first kappa shape index (κ1) is 17.9. The lowest BCUT2D eigenvalue weighted by molar-refractivity contribution is -0.120.